The maximum Gasteiger partial charge on any atom is 0.289 e. The number of nitrogens with one attached hydrogen (secondary N) is 1. The second-order valence-electron chi connectivity index (χ2n) is 5.14. The van der Waals surface area contributed by atoms with Crippen molar-refractivity contribution < 1.29 is 4.79 Å². The van der Waals surface area contributed by atoms with Crippen LogP contribution in [-0.4, -0.2) is 29.2 Å². The van der Waals surface area contributed by atoms with E-state index in [2.05, 4.69) is 34.6 Å². The molecule has 5 nitrogen and oxygen atoms in total. The Hall–Kier alpha value is -1.95. The summed E-state index contributed by atoms with van der Waals surface area (Å²) in [6.07, 6.45) is 2.01. The van der Waals surface area contributed by atoms with Gasteiger partial charge in [-0.1, -0.05) is 29.0 Å². The second kappa shape index (κ2) is 5.81. The maximum absolute atomic E-state index is 12.7. The van der Waals surface area contributed by atoms with Crippen LogP contribution in [0.5, 0.6) is 0 Å². The molecule has 0 unspecified atom stereocenters. The third-order valence-electron chi connectivity index (χ3n) is 3.53. The van der Waals surface area contributed by atoms with Crippen molar-refractivity contribution in [2.45, 2.75) is 26.7 Å². The van der Waals surface area contributed by atoms with E-state index in [1.54, 1.807) is 0 Å². The molecule has 1 aliphatic heterocycles. The van der Waals surface area contributed by atoms with Crippen LogP contribution in [0.4, 0.5) is 10.8 Å². The van der Waals surface area contributed by atoms with Crippen LogP contribution in [0.2, 0.25) is 0 Å². The van der Waals surface area contributed by atoms with E-state index in [-0.39, 0.29) is 5.91 Å². The van der Waals surface area contributed by atoms with Gasteiger partial charge in [0.05, 0.1) is 0 Å². The number of rotatable bonds is 3. The molecule has 0 aliphatic carbocycles. The van der Waals surface area contributed by atoms with Gasteiger partial charge < -0.3 is 10.2 Å². The first-order valence-electron chi connectivity index (χ1n) is 7.18. The second-order valence-corrected chi connectivity index (χ2v) is 6.11. The predicted molar refractivity (Wildman–Crippen MR) is 85.2 cm³/mol. The Bertz CT molecular complexity index is 667. The predicted octanol–water partition coefficient (Wildman–Crippen LogP) is 2.87. The number of aromatic nitrogens is 2. The Morgan fingerprint density at radius 1 is 1.43 bits per heavy atom. The van der Waals surface area contributed by atoms with E-state index in [1.165, 1.54) is 22.5 Å². The molecule has 1 aromatic heterocycles. The summed E-state index contributed by atoms with van der Waals surface area (Å²) in [6.45, 7) is 5.58. The van der Waals surface area contributed by atoms with Gasteiger partial charge >= 0.3 is 0 Å². The summed E-state index contributed by atoms with van der Waals surface area (Å²) in [7, 11) is 0. The Labute approximate surface area is 128 Å². The van der Waals surface area contributed by atoms with E-state index in [1.807, 2.05) is 17.9 Å². The van der Waals surface area contributed by atoms with Crippen molar-refractivity contribution in [2.24, 2.45) is 0 Å². The third kappa shape index (κ3) is 2.76. The summed E-state index contributed by atoms with van der Waals surface area (Å²) in [5, 5.41) is 12.2. The smallest absolute Gasteiger partial charge is 0.289 e. The van der Waals surface area contributed by atoms with Gasteiger partial charge in [0.25, 0.3) is 5.91 Å². The average Bonchev–Trinajstić information content (AvgIpc) is 2.94. The van der Waals surface area contributed by atoms with E-state index < -0.39 is 0 Å². The van der Waals surface area contributed by atoms with Gasteiger partial charge in [-0.15, -0.1) is 10.2 Å². The fraction of sp³-hybridized carbons (Fsp3) is 0.400. The SMILES string of the molecule is CCNc1nnc(C(=O)N2CCCc3cc(C)ccc32)s1. The lowest BCUT2D eigenvalue weighted by atomic mass is 9.99. The normalized spacial score (nSPS) is 13.9. The molecule has 2 heterocycles. The number of benzene rings is 1. The van der Waals surface area contributed by atoms with Crippen molar-refractivity contribution in [3.05, 3.63) is 34.3 Å². The molecule has 0 fully saturated rings. The lowest BCUT2D eigenvalue weighted by Gasteiger charge is -2.28. The number of carbonyl (C=O) groups is 1. The summed E-state index contributed by atoms with van der Waals surface area (Å²) in [5.74, 6) is -0.0542. The molecule has 21 heavy (non-hydrogen) atoms. The zero-order chi connectivity index (χ0) is 14.8. The molecule has 110 valence electrons. The van der Waals surface area contributed by atoms with Crippen LogP contribution in [0.25, 0.3) is 0 Å². The van der Waals surface area contributed by atoms with E-state index in [0.29, 0.717) is 10.1 Å². The molecule has 6 heteroatoms. The fourth-order valence-corrected chi connectivity index (χ4v) is 3.35. The van der Waals surface area contributed by atoms with E-state index in [0.717, 1.165) is 31.6 Å². The van der Waals surface area contributed by atoms with Gasteiger partial charge in [-0.25, -0.2) is 0 Å². The molecule has 1 N–H and O–H groups in total. The Kier molecular flexibility index (Phi) is 3.88. The zero-order valence-electron chi connectivity index (χ0n) is 12.2. The first-order valence-corrected chi connectivity index (χ1v) is 7.99. The summed E-state index contributed by atoms with van der Waals surface area (Å²) < 4.78 is 0. The molecule has 1 aromatic carbocycles. The molecule has 0 spiro atoms. The van der Waals surface area contributed by atoms with Crippen LogP contribution in [0.3, 0.4) is 0 Å². The van der Waals surface area contributed by atoms with Crippen molar-refractivity contribution in [3.63, 3.8) is 0 Å². The highest BCUT2D eigenvalue weighted by atomic mass is 32.1. The van der Waals surface area contributed by atoms with Crippen molar-refractivity contribution in [1.29, 1.82) is 0 Å². The molecule has 3 rings (SSSR count). The number of nitrogens with zero attached hydrogens (tertiary/aromatic N) is 3. The van der Waals surface area contributed by atoms with Crippen molar-refractivity contribution in [2.75, 3.05) is 23.3 Å². The molecule has 1 aliphatic rings. The van der Waals surface area contributed by atoms with Gasteiger partial charge in [0.1, 0.15) is 0 Å². The van der Waals surface area contributed by atoms with Gasteiger partial charge in [0.15, 0.2) is 0 Å². The van der Waals surface area contributed by atoms with Crippen LogP contribution in [0.15, 0.2) is 18.2 Å². The van der Waals surface area contributed by atoms with E-state index >= 15 is 0 Å². The number of amides is 1. The van der Waals surface area contributed by atoms with Gasteiger partial charge in [0, 0.05) is 18.8 Å². The molecule has 0 saturated carbocycles. The molecular weight excluding hydrogens is 284 g/mol. The van der Waals surface area contributed by atoms with E-state index in [4.69, 9.17) is 0 Å². The fourth-order valence-electron chi connectivity index (χ4n) is 2.58. The van der Waals surface area contributed by atoms with Crippen LogP contribution in [-0.2, 0) is 6.42 Å². The number of anilines is 2. The average molecular weight is 302 g/mol. The van der Waals surface area contributed by atoms with E-state index in [9.17, 15) is 4.79 Å². The summed E-state index contributed by atoms with van der Waals surface area (Å²) in [4.78, 5) is 14.5. The molecule has 1 amide bonds. The summed E-state index contributed by atoms with van der Waals surface area (Å²) in [5.41, 5.74) is 3.48. The molecule has 0 saturated heterocycles. The lowest BCUT2D eigenvalue weighted by molar-refractivity contribution is 0.0984. The molecule has 0 radical (unpaired) electrons. The minimum Gasteiger partial charge on any atom is -0.360 e. The number of aryl methyl sites for hydroxylation is 2. The summed E-state index contributed by atoms with van der Waals surface area (Å²) in [6, 6.07) is 6.25. The van der Waals surface area contributed by atoms with Crippen LogP contribution < -0.4 is 10.2 Å². The van der Waals surface area contributed by atoms with Gasteiger partial charge in [-0.2, -0.15) is 0 Å². The Morgan fingerprint density at radius 2 is 2.29 bits per heavy atom. The Balaban J connectivity index is 1.88. The highest BCUT2D eigenvalue weighted by Crippen LogP contribution is 2.30. The lowest BCUT2D eigenvalue weighted by Crippen LogP contribution is -2.35. The minimum atomic E-state index is -0.0542. The molecule has 0 atom stereocenters. The van der Waals surface area contributed by atoms with Crippen LogP contribution >= 0.6 is 11.3 Å². The first-order chi connectivity index (χ1) is 10.2. The maximum atomic E-state index is 12.7. The number of carbonyl (C=O) groups excluding carboxylic acids is 1. The highest BCUT2D eigenvalue weighted by molar-refractivity contribution is 7.17. The monoisotopic (exact) mass is 302 g/mol. The molecular formula is C15H18N4OS. The van der Waals surface area contributed by atoms with Gasteiger partial charge in [-0.3, -0.25) is 4.79 Å². The van der Waals surface area contributed by atoms with Gasteiger partial charge in [-0.05, 0) is 38.3 Å². The van der Waals surface area contributed by atoms with Crippen molar-refractivity contribution in [3.8, 4) is 0 Å². The van der Waals surface area contributed by atoms with Gasteiger partial charge in [0.2, 0.25) is 10.1 Å². The minimum absolute atomic E-state index is 0.0542. The number of hydrogen-bond donors (Lipinski definition) is 1. The number of hydrogen-bond acceptors (Lipinski definition) is 5. The molecule has 2 aromatic rings. The molecule has 0 bridgehead atoms. The number of fused-ring (bicyclic) bond motifs is 1. The third-order valence-corrected chi connectivity index (χ3v) is 4.40. The van der Waals surface area contributed by atoms with Crippen molar-refractivity contribution >= 4 is 28.1 Å². The standard InChI is InChI=1S/C15H18N4OS/c1-3-16-15-18-17-13(21-15)14(20)19-8-4-5-11-9-10(2)6-7-12(11)19/h6-7,9H,3-5,8H2,1-2H3,(H,16,18). The quantitative estimate of drug-likeness (QED) is 0.947. The largest absolute Gasteiger partial charge is 0.360 e. The van der Waals surface area contributed by atoms with Crippen LogP contribution in [0.1, 0.15) is 34.3 Å². The highest BCUT2D eigenvalue weighted by Gasteiger charge is 2.26. The summed E-state index contributed by atoms with van der Waals surface area (Å²) >= 11 is 1.31. The Morgan fingerprint density at radius 3 is 3.10 bits per heavy atom. The van der Waals surface area contributed by atoms with Crippen molar-refractivity contribution in [1.82, 2.24) is 10.2 Å². The topological polar surface area (TPSA) is 58.1 Å². The zero-order valence-corrected chi connectivity index (χ0v) is 13.0. The first kappa shape index (κ1) is 14.0. The van der Waals surface area contributed by atoms with Crippen LogP contribution in [0, 0.1) is 6.92 Å².